The highest BCUT2D eigenvalue weighted by molar-refractivity contribution is 6.44. The summed E-state index contributed by atoms with van der Waals surface area (Å²) in [6, 6.07) is 0. The monoisotopic (exact) mass is 310 g/mol. The third-order valence-electron chi connectivity index (χ3n) is 2.09. The normalized spacial score (nSPS) is 10.9. The van der Waals surface area contributed by atoms with Gasteiger partial charge in [0.25, 0.3) is 0 Å². The Kier molecular flexibility index (Phi) is 11.8. The average molecular weight is 311 g/mol. The molecule has 0 N–H and O–H groups in total. The number of esters is 2. The molecule has 0 heterocycles. The second-order valence-electron chi connectivity index (χ2n) is 3.87. The Morgan fingerprint density at radius 1 is 1.11 bits per heavy atom. The fraction of sp³-hybridized carbons (Fsp3) is 0.692. The molecule has 4 nitrogen and oxygen atoms in total. The molecule has 0 aliphatic rings. The van der Waals surface area contributed by atoms with Crippen molar-refractivity contribution in [1.29, 1.82) is 0 Å². The zero-order chi connectivity index (χ0) is 14.5. The molecule has 6 heteroatoms. The summed E-state index contributed by atoms with van der Waals surface area (Å²) in [5, 5.41) is 0. The van der Waals surface area contributed by atoms with Crippen LogP contribution in [0.5, 0.6) is 0 Å². The van der Waals surface area contributed by atoms with Crippen LogP contribution >= 0.6 is 23.2 Å². The first-order chi connectivity index (χ1) is 9.06. The van der Waals surface area contributed by atoms with Crippen molar-refractivity contribution in [3.63, 3.8) is 0 Å². The first-order valence-corrected chi connectivity index (χ1v) is 7.18. The minimum Gasteiger partial charge on any atom is -0.463 e. The van der Waals surface area contributed by atoms with Crippen molar-refractivity contribution in [2.24, 2.45) is 0 Å². The molecule has 0 saturated carbocycles. The number of rotatable bonds is 10. The van der Waals surface area contributed by atoms with Crippen LogP contribution < -0.4 is 0 Å². The van der Waals surface area contributed by atoms with Crippen molar-refractivity contribution < 1.29 is 19.1 Å². The van der Waals surface area contributed by atoms with Crippen molar-refractivity contribution in [2.45, 2.75) is 43.9 Å². The molecule has 0 spiro atoms. The number of allylic oxidation sites excluding steroid dienone is 1. The molecule has 0 fully saturated rings. The summed E-state index contributed by atoms with van der Waals surface area (Å²) in [4.78, 5) is 21.7. The van der Waals surface area contributed by atoms with Crippen LogP contribution in [-0.2, 0) is 19.1 Å². The number of carbonyl (C=O) groups is 2. The molecule has 0 aromatic carbocycles. The predicted molar refractivity (Wildman–Crippen MR) is 75.3 cm³/mol. The highest BCUT2D eigenvalue weighted by atomic mass is 35.5. The summed E-state index contributed by atoms with van der Waals surface area (Å²) < 4.78 is 9.69. The molecule has 0 saturated heterocycles. The van der Waals surface area contributed by atoms with Gasteiger partial charge in [-0.05, 0) is 12.8 Å². The van der Waals surface area contributed by atoms with Gasteiger partial charge in [-0.15, -0.1) is 23.2 Å². The lowest BCUT2D eigenvalue weighted by Crippen LogP contribution is -2.11. The van der Waals surface area contributed by atoms with Crippen molar-refractivity contribution >= 4 is 35.1 Å². The summed E-state index contributed by atoms with van der Waals surface area (Å²) in [5.74, 6) is -0.733. The zero-order valence-electron chi connectivity index (χ0n) is 11.1. The maximum atomic E-state index is 11.3. The van der Waals surface area contributed by atoms with Gasteiger partial charge in [0.1, 0.15) is 18.1 Å². The number of carbonyl (C=O) groups excluding carboxylic acids is 2. The van der Waals surface area contributed by atoms with Gasteiger partial charge in [-0.25, -0.2) is 0 Å². The predicted octanol–water partition coefficient (Wildman–Crippen LogP) is 3.40. The minimum absolute atomic E-state index is 0.0331. The number of unbranched alkanes of at least 4 members (excludes halogenated alkanes) is 1. The first-order valence-electron chi connectivity index (χ1n) is 6.30. The van der Waals surface area contributed by atoms with Crippen molar-refractivity contribution in [3.05, 3.63) is 12.2 Å². The molecular weight excluding hydrogens is 291 g/mol. The van der Waals surface area contributed by atoms with E-state index in [9.17, 15) is 9.59 Å². The third-order valence-corrected chi connectivity index (χ3v) is 2.35. The van der Waals surface area contributed by atoms with Crippen molar-refractivity contribution in [2.75, 3.05) is 13.2 Å². The lowest BCUT2D eigenvalue weighted by Gasteiger charge is -2.05. The molecule has 0 unspecified atom stereocenters. The SMILES string of the molecule is CCC/C=C/COC(=O)CCCC(=O)OCC(Cl)Cl. The molecule has 0 radical (unpaired) electrons. The Labute approximate surface area is 124 Å². The van der Waals surface area contributed by atoms with Gasteiger partial charge in [-0.3, -0.25) is 9.59 Å². The largest absolute Gasteiger partial charge is 0.463 e. The Morgan fingerprint density at radius 2 is 1.74 bits per heavy atom. The summed E-state index contributed by atoms with van der Waals surface area (Å²) in [6.07, 6.45) is 6.58. The number of halogens is 2. The van der Waals surface area contributed by atoms with Crippen LogP contribution in [0.4, 0.5) is 0 Å². The van der Waals surface area contributed by atoms with Gasteiger partial charge in [-0.2, -0.15) is 0 Å². The maximum absolute atomic E-state index is 11.3. The average Bonchev–Trinajstić information content (AvgIpc) is 2.36. The summed E-state index contributed by atoms with van der Waals surface area (Å²) in [6.45, 7) is 2.32. The van der Waals surface area contributed by atoms with Gasteiger partial charge < -0.3 is 9.47 Å². The number of hydrogen-bond donors (Lipinski definition) is 0. The first kappa shape index (κ1) is 18.3. The van der Waals surface area contributed by atoms with Crippen LogP contribution in [-0.4, -0.2) is 30.0 Å². The lowest BCUT2D eigenvalue weighted by molar-refractivity contribution is -0.144. The molecule has 0 aromatic heterocycles. The number of ether oxygens (including phenoxy) is 2. The Bertz CT molecular complexity index is 290. The van der Waals surface area contributed by atoms with Crippen LogP contribution in [0.3, 0.4) is 0 Å². The maximum Gasteiger partial charge on any atom is 0.306 e. The smallest absolute Gasteiger partial charge is 0.306 e. The molecule has 0 aromatic rings. The number of alkyl halides is 2. The van der Waals surface area contributed by atoms with E-state index in [1.54, 1.807) is 0 Å². The van der Waals surface area contributed by atoms with E-state index in [0.717, 1.165) is 12.8 Å². The van der Waals surface area contributed by atoms with E-state index in [4.69, 9.17) is 32.7 Å². The lowest BCUT2D eigenvalue weighted by atomic mass is 10.2. The van der Waals surface area contributed by atoms with Crippen molar-refractivity contribution in [1.82, 2.24) is 0 Å². The van der Waals surface area contributed by atoms with Gasteiger partial charge >= 0.3 is 11.9 Å². The molecule has 0 aliphatic carbocycles. The van der Waals surface area contributed by atoms with Gasteiger partial charge in [0.2, 0.25) is 0 Å². The number of hydrogen-bond acceptors (Lipinski definition) is 4. The summed E-state index contributed by atoms with van der Waals surface area (Å²) >= 11 is 10.8. The van der Waals surface area contributed by atoms with E-state index in [-0.39, 0.29) is 32.0 Å². The second-order valence-corrected chi connectivity index (χ2v) is 5.15. The van der Waals surface area contributed by atoms with Gasteiger partial charge in [0.05, 0.1) is 0 Å². The van der Waals surface area contributed by atoms with E-state index in [2.05, 4.69) is 6.92 Å². The van der Waals surface area contributed by atoms with Gasteiger partial charge in [-0.1, -0.05) is 25.5 Å². The van der Waals surface area contributed by atoms with Crippen LogP contribution in [0, 0.1) is 0 Å². The quantitative estimate of drug-likeness (QED) is 0.352. The molecule has 0 amide bonds. The van der Waals surface area contributed by atoms with E-state index < -0.39 is 10.8 Å². The van der Waals surface area contributed by atoms with E-state index in [1.807, 2.05) is 12.2 Å². The van der Waals surface area contributed by atoms with Crippen LogP contribution in [0.15, 0.2) is 12.2 Å². The Hall–Kier alpha value is -0.740. The highest BCUT2D eigenvalue weighted by Crippen LogP contribution is 2.04. The summed E-state index contributed by atoms with van der Waals surface area (Å²) in [5.41, 5.74) is 0. The van der Waals surface area contributed by atoms with Crippen molar-refractivity contribution in [3.8, 4) is 0 Å². The van der Waals surface area contributed by atoms with Crippen LogP contribution in [0.25, 0.3) is 0 Å². The molecule has 110 valence electrons. The fourth-order valence-corrected chi connectivity index (χ4v) is 1.30. The molecule has 0 rings (SSSR count). The van der Waals surface area contributed by atoms with E-state index in [0.29, 0.717) is 6.42 Å². The Morgan fingerprint density at radius 3 is 2.32 bits per heavy atom. The molecule has 19 heavy (non-hydrogen) atoms. The van der Waals surface area contributed by atoms with Crippen LogP contribution in [0.1, 0.15) is 39.0 Å². The van der Waals surface area contributed by atoms with E-state index in [1.165, 1.54) is 0 Å². The zero-order valence-corrected chi connectivity index (χ0v) is 12.6. The minimum atomic E-state index is -0.719. The molecule has 0 bridgehead atoms. The Balaban J connectivity index is 3.49. The van der Waals surface area contributed by atoms with Crippen LogP contribution in [0.2, 0.25) is 0 Å². The topological polar surface area (TPSA) is 52.6 Å². The van der Waals surface area contributed by atoms with Gasteiger partial charge in [0.15, 0.2) is 0 Å². The second kappa shape index (κ2) is 12.3. The highest BCUT2D eigenvalue weighted by Gasteiger charge is 2.08. The third kappa shape index (κ3) is 13.5. The van der Waals surface area contributed by atoms with E-state index >= 15 is 0 Å². The molecule has 0 aliphatic heterocycles. The standard InChI is InChI=1S/C13H20Cl2O4/c1-2-3-4-5-9-18-12(16)7-6-8-13(17)19-10-11(14)15/h4-5,11H,2-3,6-10H2,1H3/b5-4+. The summed E-state index contributed by atoms with van der Waals surface area (Å²) in [7, 11) is 0. The van der Waals surface area contributed by atoms with Gasteiger partial charge in [0, 0.05) is 12.8 Å². The molecule has 0 atom stereocenters. The molecular formula is C13H20Cl2O4. The fourth-order valence-electron chi connectivity index (χ4n) is 1.17.